The van der Waals surface area contributed by atoms with Crippen molar-refractivity contribution in [2.45, 2.75) is 12.2 Å². The summed E-state index contributed by atoms with van der Waals surface area (Å²) in [5.74, 6) is -5.13. The predicted octanol–water partition coefficient (Wildman–Crippen LogP) is 1.14. The summed E-state index contributed by atoms with van der Waals surface area (Å²) < 4.78 is 4.50. The molecule has 5 heteroatoms. The van der Waals surface area contributed by atoms with Gasteiger partial charge in [0.2, 0.25) is 0 Å². The molecule has 0 spiro atoms. The van der Waals surface area contributed by atoms with Gasteiger partial charge < -0.3 is 14.9 Å². The van der Waals surface area contributed by atoms with Gasteiger partial charge in [-0.15, -0.1) is 0 Å². The first kappa shape index (κ1) is 14.9. The van der Waals surface area contributed by atoms with Crippen LogP contribution in [0.15, 0.2) is 60.7 Å². The first-order valence-electron chi connectivity index (χ1n) is 6.29. The Labute approximate surface area is 121 Å². The Bertz CT molecular complexity index is 620. The number of hydrogen-bond donors (Lipinski definition) is 2. The summed E-state index contributed by atoms with van der Waals surface area (Å²) in [5, 5.41) is 19.6. The lowest BCUT2D eigenvalue weighted by Crippen LogP contribution is -2.38. The number of benzene rings is 2. The molecule has 2 aromatic carbocycles. The molecule has 0 atom stereocenters. The van der Waals surface area contributed by atoms with Crippen LogP contribution in [0.25, 0.3) is 0 Å². The Kier molecular flexibility index (Phi) is 4.47. The van der Waals surface area contributed by atoms with E-state index in [9.17, 15) is 19.8 Å². The molecule has 0 unspecified atom stereocenters. The number of carbonyl (C=O) groups is 2. The predicted molar refractivity (Wildman–Crippen MR) is 73.8 cm³/mol. The molecule has 0 aliphatic carbocycles. The number of ether oxygens (including phenoxy) is 1. The molecule has 0 saturated heterocycles. The monoisotopic (exact) mass is 286 g/mol. The molecule has 0 radical (unpaired) electrons. The van der Waals surface area contributed by atoms with Crippen LogP contribution in [0.4, 0.5) is 0 Å². The van der Waals surface area contributed by atoms with Gasteiger partial charge in [0.05, 0.1) is 6.42 Å². The number of esters is 2. The van der Waals surface area contributed by atoms with Crippen molar-refractivity contribution >= 4 is 11.9 Å². The number of rotatable bonds is 4. The van der Waals surface area contributed by atoms with Crippen molar-refractivity contribution in [1.29, 1.82) is 0 Å². The zero-order valence-electron chi connectivity index (χ0n) is 11.1. The standard InChI is InChI=1S/C16H14O5/c17-14(11-12-7-3-1-4-8-12)21-15(18)16(19,20)13-9-5-2-6-10-13/h1-10,19-20H,11H2. The van der Waals surface area contributed by atoms with Crippen LogP contribution in [0.1, 0.15) is 11.1 Å². The zero-order valence-corrected chi connectivity index (χ0v) is 11.1. The second-order valence-corrected chi connectivity index (χ2v) is 4.46. The van der Waals surface area contributed by atoms with Gasteiger partial charge in [0.25, 0.3) is 5.79 Å². The van der Waals surface area contributed by atoms with Crippen molar-refractivity contribution in [3.8, 4) is 0 Å². The lowest BCUT2D eigenvalue weighted by molar-refractivity contribution is -0.214. The highest BCUT2D eigenvalue weighted by Crippen LogP contribution is 2.19. The molecule has 2 aromatic rings. The van der Waals surface area contributed by atoms with Gasteiger partial charge in [-0.05, 0) is 5.56 Å². The summed E-state index contributed by atoms with van der Waals surface area (Å²) >= 11 is 0. The van der Waals surface area contributed by atoms with Gasteiger partial charge in [-0.2, -0.15) is 0 Å². The van der Waals surface area contributed by atoms with Crippen LogP contribution in [0.3, 0.4) is 0 Å². The quantitative estimate of drug-likeness (QED) is 0.500. The van der Waals surface area contributed by atoms with E-state index in [2.05, 4.69) is 4.74 Å². The molecule has 5 nitrogen and oxygen atoms in total. The molecule has 0 heterocycles. The van der Waals surface area contributed by atoms with Crippen molar-refractivity contribution in [3.05, 3.63) is 71.8 Å². The molecule has 21 heavy (non-hydrogen) atoms. The van der Waals surface area contributed by atoms with Gasteiger partial charge in [0.15, 0.2) is 0 Å². The molecule has 0 aliphatic heterocycles. The fourth-order valence-electron chi connectivity index (χ4n) is 1.76. The van der Waals surface area contributed by atoms with Crippen LogP contribution in [0.5, 0.6) is 0 Å². The third-order valence-electron chi connectivity index (χ3n) is 2.86. The van der Waals surface area contributed by atoms with E-state index in [0.29, 0.717) is 5.56 Å². The molecule has 2 N–H and O–H groups in total. The third kappa shape index (κ3) is 3.75. The minimum atomic E-state index is -2.85. The molecule has 2 rings (SSSR count). The molecule has 0 aromatic heterocycles. The van der Waals surface area contributed by atoms with Crippen molar-refractivity contribution in [3.63, 3.8) is 0 Å². The van der Waals surface area contributed by atoms with Crippen molar-refractivity contribution in [1.82, 2.24) is 0 Å². The van der Waals surface area contributed by atoms with Crippen LogP contribution in [-0.4, -0.2) is 22.2 Å². The van der Waals surface area contributed by atoms with Gasteiger partial charge in [-0.25, -0.2) is 4.79 Å². The summed E-state index contributed by atoms with van der Waals surface area (Å²) in [4.78, 5) is 23.4. The summed E-state index contributed by atoms with van der Waals surface area (Å²) in [6.07, 6.45) is -0.128. The number of hydrogen-bond acceptors (Lipinski definition) is 5. The summed E-state index contributed by atoms with van der Waals surface area (Å²) in [7, 11) is 0. The highest BCUT2D eigenvalue weighted by molar-refractivity contribution is 5.90. The second-order valence-electron chi connectivity index (χ2n) is 4.46. The molecule has 0 bridgehead atoms. The Morgan fingerprint density at radius 2 is 1.43 bits per heavy atom. The molecule has 108 valence electrons. The molecule has 0 saturated carbocycles. The SMILES string of the molecule is O=C(Cc1ccccc1)OC(=O)C(O)(O)c1ccccc1. The molecular formula is C16H14O5. The van der Waals surface area contributed by atoms with Crippen molar-refractivity contribution in [2.75, 3.05) is 0 Å². The van der Waals surface area contributed by atoms with Gasteiger partial charge in [-0.1, -0.05) is 60.7 Å². The Morgan fingerprint density at radius 3 is 2.00 bits per heavy atom. The Hall–Kier alpha value is -2.50. The van der Waals surface area contributed by atoms with E-state index in [1.807, 2.05) is 0 Å². The summed E-state index contributed by atoms with van der Waals surface area (Å²) in [6.45, 7) is 0. The largest absolute Gasteiger partial charge is 0.389 e. The average molecular weight is 286 g/mol. The lowest BCUT2D eigenvalue weighted by Gasteiger charge is -2.19. The minimum Gasteiger partial charge on any atom is -0.389 e. The molecular weight excluding hydrogens is 272 g/mol. The van der Waals surface area contributed by atoms with E-state index in [-0.39, 0.29) is 12.0 Å². The first-order valence-corrected chi connectivity index (χ1v) is 6.29. The second kappa shape index (κ2) is 6.30. The van der Waals surface area contributed by atoms with Crippen LogP contribution >= 0.6 is 0 Å². The van der Waals surface area contributed by atoms with E-state index in [1.54, 1.807) is 36.4 Å². The van der Waals surface area contributed by atoms with Crippen LogP contribution in [-0.2, 0) is 26.5 Å². The Morgan fingerprint density at radius 1 is 0.905 bits per heavy atom. The van der Waals surface area contributed by atoms with Crippen molar-refractivity contribution < 1.29 is 24.5 Å². The average Bonchev–Trinajstić information content (AvgIpc) is 2.49. The van der Waals surface area contributed by atoms with Crippen LogP contribution < -0.4 is 0 Å². The third-order valence-corrected chi connectivity index (χ3v) is 2.86. The minimum absolute atomic E-state index is 0.0671. The van der Waals surface area contributed by atoms with Gasteiger partial charge in [0, 0.05) is 5.56 Å². The van der Waals surface area contributed by atoms with E-state index < -0.39 is 17.7 Å². The maximum atomic E-state index is 11.7. The highest BCUT2D eigenvalue weighted by Gasteiger charge is 2.38. The molecule has 0 amide bonds. The summed E-state index contributed by atoms with van der Waals surface area (Å²) in [6, 6.07) is 16.1. The van der Waals surface area contributed by atoms with Gasteiger partial charge in [-0.3, -0.25) is 4.79 Å². The van der Waals surface area contributed by atoms with E-state index in [0.717, 1.165) is 0 Å². The van der Waals surface area contributed by atoms with Crippen molar-refractivity contribution in [2.24, 2.45) is 0 Å². The zero-order chi connectivity index (χ0) is 15.3. The van der Waals surface area contributed by atoms with Crippen LogP contribution in [0.2, 0.25) is 0 Å². The first-order chi connectivity index (χ1) is 10.00. The smallest absolute Gasteiger partial charge is 0.379 e. The maximum absolute atomic E-state index is 11.7. The summed E-state index contributed by atoms with van der Waals surface area (Å²) in [5.41, 5.74) is 0.596. The highest BCUT2D eigenvalue weighted by atomic mass is 16.6. The Balaban J connectivity index is 2.02. The topological polar surface area (TPSA) is 83.8 Å². The van der Waals surface area contributed by atoms with E-state index in [1.165, 1.54) is 24.3 Å². The van der Waals surface area contributed by atoms with E-state index in [4.69, 9.17) is 0 Å². The van der Waals surface area contributed by atoms with E-state index >= 15 is 0 Å². The number of aliphatic hydroxyl groups is 2. The normalized spacial score (nSPS) is 11.0. The fourth-order valence-corrected chi connectivity index (χ4v) is 1.76. The van der Waals surface area contributed by atoms with Gasteiger partial charge in [0.1, 0.15) is 0 Å². The maximum Gasteiger partial charge on any atom is 0.379 e. The molecule has 0 fully saturated rings. The lowest BCUT2D eigenvalue weighted by atomic mass is 10.1. The molecule has 0 aliphatic rings. The van der Waals surface area contributed by atoms with Crippen LogP contribution in [0, 0.1) is 0 Å². The van der Waals surface area contributed by atoms with Gasteiger partial charge >= 0.3 is 11.9 Å². The fraction of sp³-hybridized carbons (Fsp3) is 0.125. The number of carbonyl (C=O) groups excluding carboxylic acids is 2.